The van der Waals surface area contributed by atoms with E-state index in [1.165, 1.54) is 22.5 Å². The Morgan fingerprint density at radius 2 is 1.92 bits per heavy atom. The molecule has 13 heavy (non-hydrogen) atoms. The van der Waals surface area contributed by atoms with Gasteiger partial charge in [0.05, 0.1) is 0 Å². The Kier molecular flexibility index (Phi) is 3.07. The van der Waals surface area contributed by atoms with Gasteiger partial charge in [-0.1, -0.05) is 20.8 Å². The molecule has 0 aliphatic carbocycles. The molecular weight excluding hydrogens is 158 g/mol. The van der Waals surface area contributed by atoms with Crippen LogP contribution in [-0.4, -0.2) is 4.98 Å². The van der Waals surface area contributed by atoms with Crippen molar-refractivity contribution in [3.8, 4) is 0 Å². The summed E-state index contributed by atoms with van der Waals surface area (Å²) in [6, 6.07) is 2.21. The lowest BCUT2D eigenvalue weighted by molar-refractivity contribution is 0.821. The summed E-state index contributed by atoms with van der Waals surface area (Å²) in [4.78, 5) is 4.57. The van der Waals surface area contributed by atoms with Crippen molar-refractivity contribution in [3.63, 3.8) is 0 Å². The quantitative estimate of drug-likeness (QED) is 0.674. The highest BCUT2D eigenvalue weighted by atomic mass is 14.7. The van der Waals surface area contributed by atoms with E-state index in [0.29, 0.717) is 5.92 Å². The van der Waals surface area contributed by atoms with Crippen molar-refractivity contribution in [2.24, 2.45) is 0 Å². The van der Waals surface area contributed by atoms with E-state index in [4.69, 9.17) is 0 Å². The van der Waals surface area contributed by atoms with E-state index in [2.05, 4.69) is 45.7 Å². The largest absolute Gasteiger partial charge is 0.258 e. The molecule has 0 amide bonds. The average molecular weight is 177 g/mol. The van der Waals surface area contributed by atoms with Crippen LogP contribution in [0.3, 0.4) is 0 Å². The maximum Gasteiger partial charge on any atom is 0.0413 e. The summed E-state index contributed by atoms with van der Waals surface area (Å²) in [5, 5.41) is 0. The summed E-state index contributed by atoms with van der Waals surface area (Å²) in [7, 11) is 0. The third-order valence-corrected chi connectivity index (χ3v) is 2.45. The second-order valence-electron chi connectivity index (χ2n) is 3.94. The molecule has 0 spiro atoms. The summed E-state index contributed by atoms with van der Waals surface area (Å²) >= 11 is 0. The van der Waals surface area contributed by atoms with Crippen molar-refractivity contribution in [3.05, 3.63) is 28.6 Å². The average Bonchev–Trinajstić information content (AvgIpc) is 2.02. The lowest BCUT2D eigenvalue weighted by atomic mass is 9.96. The molecule has 72 valence electrons. The van der Waals surface area contributed by atoms with Crippen LogP contribution in [-0.2, 0) is 6.42 Å². The van der Waals surface area contributed by atoms with Crippen molar-refractivity contribution in [1.82, 2.24) is 4.98 Å². The third-order valence-electron chi connectivity index (χ3n) is 2.45. The van der Waals surface area contributed by atoms with Crippen molar-refractivity contribution in [2.75, 3.05) is 0 Å². The van der Waals surface area contributed by atoms with Gasteiger partial charge in [0.15, 0.2) is 0 Å². The van der Waals surface area contributed by atoms with Crippen LogP contribution < -0.4 is 0 Å². The molecule has 0 radical (unpaired) electrons. The van der Waals surface area contributed by atoms with E-state index in [1.807, 2.05) is 0 Å². The first-order valence-electron chi connectivity index (χ1n) is 5.03. The maximum atomic E-state index is 4.57. The van der Waals surface area contributed by atoms with Crippen molar-refractivity contribution in [1.29, 1.82) is 0 Å². The third kappa shape index (κ3) is 2.09. The fourth-order valence-corrected chi connectivity index (χ4v) is 1.98. The van der Waals surface area contributed by atoms with Crippen LogP contribution in [0, 0.1) is 13.8 Å². The Morgan fingerprint density at radius 3 is 2.31 bits per heavy atom. The topological polar surface area (TPSA) is 12.9 Å². The summed E-state index contributed by atoms with van der Waals surface area (Å²) in [6.07, 6.45) is 1.03. The first kappa shape index (κ1) is 10.2. The molecule has 0 N–H and O–H groups in total. The van der Waals surface area contributed by atoms with Gasteiger partial charge in [0.25, 0.3) is 0 Å². The first-order chi connectivity index (χ1) is 6.06. The van der Waals surface area contributed by atoms with E-state index in [9.17, 15) is 0 Å². The Balaban J connectivity index is 3.23. The molecule has 1 aromatic rings. The van der Waals surface area contributed by atoms with Crippen molar-refractivity contribution >= 4 is 0 Å². The molecule has 1 nitrogen and oxygen atoms in total. The summed E-state index contributed by atoms with van der Waals surface area (Å²) in [5.41, 5.74) is 5.21. The van der Waals surface area contributed by atoms with E-state index >= 15 is 0 Å². The highest BCUT2D eigenvalue weighted by molar-refractivity contribution is 5.33. The molecule has 1 heterocycles. The Labute approximate surface area is 81.2 Å². The summed E-state index contributed by atoms with van der Waals surface area (Å²) in [6.45, 7) is 10.9. The zero-order valence-electron chi connectivity index (χ0n) is 9.31. The van der Waals surface area contributed by atoms with Gasteiger partial charge in [-0.15, -0.1) is 0 Å². The van der Waals surface area contributed by atoms with Gasteiger partial charge in [0, 0.05) is 11.4 Å². The van der Waals surface area contributed by atoms with Gasteiger partial charge >= 0.3 is 0 Å². The number of rotatable bonds is 2. The number of nitrogens with zero attached hydrogens (tertiary/aromatic N) is 1. The fourth-order valence-electron chi connectivity index (χ4n) is 1.98. The molecule has 0 aliphatic rings. The molecule has 1 heteroatoms. The molecule has 0 fully saturated rings. The Bertz CT molecular complexity index is 277. The Hall–Kier alpha value is -0.850. The number of aromatic nitrogens is 1. The van der Waals surface area contributed by atoms with Gasteiger partial charge in [0.1, 0.15) is 0 Å². The minimum atomic E-state index is 0.582. The Morgan fingerprint density at radius 1 is 1.31 bits per heavy atom. The van der Waals surface area contributed by atoms with E-state index in [1.54, 1.807) is 0 Å². The van der Waals surface area contributed by atoms with Crippen LogP contribution in [0.15, 0.2) is 6.07 Å². The van der Waals surface area contributed by atoms with Gasteiger partial charge in [-0.25, -0.2) is 0 Å². The summed E-state index contributed by atoms with van der Waals surface area (Å²) in [5.74, 6) is 0.582. The van der Waals surface area contributed by atoms with Crippen LogP contribution in [0.2, 0.25) is 0 Å². The van der Waals surface area contributed by atoms with Gasteiger partial charge in [-0.3, -0.25) is 4.98 Å². The predicted molar refractivity (Wildman–Crippen MR) is 57.2 cm³/mol. The highest BCUT2D eigenvalue weighted by Crippen LogP contribution is 2.22. The van der Waals surface area contributed by atoms with Crippen molar-refractivity contribution < 1.29 is 0 Å². The smallest absolute Gasteiger partial charge is 0.0413 e. The minimum Gasteiger partial charge on any atom is -0.258 e. The number of hydrogen-bond acceptors (Lipinski definition) is 1. The lowest BCUT2D eigenvalue weighted by Gasteiger charge is -2.13. The molecule has 0 aromatic carbocycles. The second kappa shape index (κ2) is 3.91. The number of aryl methyl sites for hydroxylation is 3. The molecule has 0 saturated carbocycles. The predicted octanol–water partition coefficient (Wildman–Crippen LogP) is 3.38. The van der Waals surface area contributed by atoms with Gasteiger partial charge in [-0.2, -0.15) is 0 Å². The summed E-state index contributed by atoms with van der Waals surface area (Å²) < 4.78 is 0. The van der Waals surface area contributed by atoms with Gasteiger partial charge in [-0.05, 0) is 43.4 Å². The monoisotopic (exact) mass is 177 g/mol. The number of hydrogen-bond donors (Lipinski definition) is 0. The zero-order valence-corrected chi connectivity index (χ0v) is 9.31. The minimum absolute atomic E-state index is 0.582. The molecule has 0 bridgehead atoms. The molecular formula is C12H19N. The molecule has 0 atom stereocenters. The molecule has 0 unspecified atom stereocenters. The van der Waals surface area contributed by atoms with E-state index in [-0.39, 0.29) is 0 Å². The lowest BCUT2D eigenvalue weighted by Crippen LogP contribution is -2.01. The second-order valence-corrected chi connectivity index (χ2v) is 3.94. The van der Waals surface area contributed by atoms with E-state index < -0.39 is 0 Å². The van der Waals surface area contributed by atoms with Crippen LogP contribution in [0.25, 0.3) is 0 Å². The van der Waals surface area contributed by atoms with Crippen LogP contribution in [0.1, 0.15) is 49.2 Å². The molecule has 1 rings (SSSR count). The van der Waals surface area contributed by atoms with Crippen molar-refractivity contribution in [2.45, 2.75) is 47.0 Å². The zero-order chi connectivity index (χ0) is 10.0. The standard InChI is InChI=1S/C12H19N/c1-6-11-7-9(4)12(8(2)3)10(5)13-11/h7-8H,6H2,1-5H3. The highest BCUT2D eigenvalue weighted by Gasteiger charge is 2.08. The molecule has 1 aromatic heterocycles. The van der Waals surface area contributed by atoms with E-state index in [0.717, 1.165) is 6.42 Å². The van der Waals surface area contributed by atoms with Crippen LogP contribution >= 0.6 is 0 Å². The fraction of sp³-hybridized carbons (Fsp3) is 0.583. The van der Waals surface area contributed by atoms with Gasteiger partial charge < -0.3 is 0 Å². The molecule has 0 aliphatic heterocycles. The molecule has 0 saturated heterocycles. The van der Waals surface area contributed by atoms with Crippen LogP contribution in [0.4, 0.5) is 0 Å². The number of pyridine rings is 1. The van der Waals surface area contributed by atoms with Crippen LogP contribution in [0.5, 0.6) is 0 Å². The SMILES string of the molecule is CCc1cc(C)c(C(C)C)c(C)n1. The maximum absolute atomic E-state index is 4.57. The first-order valence-corrected chi connectivity index (χ1v) is 5.03. The normalized spacial score (nSPS) is 10.9. The van der Waals surface area contributed by atoms with Gasteiger partial charge in [0.2, 0.25) is 0 Å².